The molecule has 1 aromatic heterocycles. The number of aromatic nitrogens is 1. The minimum atomic E-state index is 0.00495. The number of hydrogen-bond donors (Lipinski definition) is 1. The zero-order valence-electron chi connectivity index (χ0n) is 12.7. The van der Waals surface area contributed by atoms with Gasteiger partial charge in [-0.15, -0.1) is 11.3 Å². The molecular formula is C15H26N2OS. The third-order valence-corrected chi connectivity index (χ3v) is 5.22. The van der Waals surface area contributed by atoms with Gasteiger partial charge in [0.25, 0.3) is 0 Å². The third kappa shape index (κ3) is 3.01. The Labute approximate surface area is 120 Å². The van der Waals surface area contributed by atoms with Gasteiger partial charge >= 0.3 is 0 Å². The van der Waals surface area contributed by atoms with Crippen LogP contribution < -0.4 is 5.32 Å². The molecule has 0 amide bonds. The van der Waals surface area contributed by atoms with Gasteiger partial charge in [-0.25, -0.2) is 4.98 Å². The molecule has 2 heterocycles. The molecule has 0 radical (unpaired) electrons. The summed E-state index contributed by atoms with van der Waals surface area (Å²) >= 11 is 1.79. The molecule has 1 aromatic rings. The summed E-state index contributed by atoms with van der Waals surface area (Å²) in [5.74, 6) is 1.05. The van der Waals surface area contributed by atoms with Gasteiger partial charge < -0.3 is 10.1 Å². The van der Waals surface area contributed by atoms with Crippen LogP contribution in [-0.4, -0.2) is 24.7 Å². The number of nitrogens with one attached hydrogen (secondary N) is 1. The summed E-state index contributed by atoms with van der Waals surface area (Å²) in [7, 11) is 2.05. The van der Waals surface area contributed by atoms with Crippen molar-refractivity contribution in [3.8, 4) is 0 Å². The lowest BCUT2D eigenvalue weighted by atomic mass is 9.83. The largest absolute Gasteiger partial charge is 0.378 e. The van der Waals surface area contributed by atoms with Gasteiger partial charge in [-0.3, -0.25) is 0 Å². The van der Waals surface area contributed by atoms with E-state index in [0.29, 0.717) is 17.9 Å². The molecule has 0 spiro atoms. The topological polar surface area (TPSA) is 34.2 Å². The summed E-state index contributed by atoms with van der Waals surface area (Å²) in [6, 6.07) is 0. The Morgan fingerprint density at radius 1 is 1.42 bits per heavy atom. The van der Waals surface area contributed by atoms with E-state index in [1.54, 1.807) is 11.3 Å². The minimum absolute atomic E-state index is 0.00495. The first-order valence-corrected chi connectivity index (χ1v) is 8.13. The van der Waals surface area contributed by atoms with E-state index in [1.165, 1.54) is 10.7 Å². The summed E-state index contributed by atoms with van der Waals surface area (Å²) in [6.45, 7) is 9.69. The fourth-order valence-electron chi connectivity index (χ4n) is 2.62. The van der Waals surface area contributed by atoms with Crippen LogP contribution in [0.1, 0.15) is 57.2 Å². The highest BCUT2D eigenvalue weighted by Gasteiger charge is 2.40. The molecule has 0 aliphatic carbocycles. The molecule has 1 aliphatic rings. The Morgan fingerprint density at radius 2 is 2.16 bits per heavy atom. The molecule has 2 unspecified atom stereocenters. The summed E-state index contributed by atoms with van der Waals surface area (Å²) in [6.07, 6.45) is 2.36. The van der Waals surface area contributed by atoms with Crippen LogP contribution in [0.4, 0.5) is 0 Å². The summed E-state index contributed by atoms with van der Waals surface area (Å²) in [5.41, 5.74) is 1.22. The van der Waals surface area contributed by atoms with Gasteiger partial charge in [0.05, 0.1) is 17.3 Å². The quantitative estimate of drug-likeness (QED) is 0.917. The van der Waals surface area contributed by atoms with Crippen molar-refractivity contribution in [1.29, 1.82) is 0 Å². The molecular weight excluding hydrogens is 256 g/mol. The Balaban J connectivity index is 2.25. The fourth-order valence-corrected chi connectivity index (χ4v) is 3.84. The molecule has 0 aromatic carbocycles. The standard InChI is InChI=1S/C15H26N2OS/c1-10(2)12-9-19-14(17-12)15(16-5)6-7-18-13(8-15)11(3)4/h9-11,13,16H,6-8H2,1-5H3. The molecule has 1 saturated heterocycles. The van der Waals surface area contributed by atoms with Crippen LogP contribution in [0, 0.1) is 5.92 Å². The molecule has 2 atom stereocenters. The molecule has 1 aliphatic heterocycles. The van der Waals surface area contributed by atoms with Crippen molar-refractivity contribution in [3.63, 3.8) is 0 Å². The fraction of sp³-hybridized carbons (Fsp3) is 0.800. The lowest BCUT2D eigenvalue weighted by Gasteiger charge is -2.41. The summed E-state index contributed by atoms with van der Waals surface area (Å²) in [4.78, 5) is 4.87. The average molecular weight is 282 g/mol. The van der Waals surface area contributed by atoms with Crippen molar-refractivity contribution < 1.29 is 4.74 Å². The highest BCUT2D eigenvalue weighted by molar-refractivity contribution is 7.09. The maximum absolute atomic E-state index is 5.91. The monoisotopic (exact) mass is 282 g/mol. The maximum atomic E-state index is 5.91. The van der Waals surface area contributed by atoms with Crippen molar-refractivity contribution in [1.82, 2.24) is 10.3 Å². The molecule has 19 heavy (non-hydrogen) atoms. The molecule has 2 rings (SSSR count). The van der Waals surface area contributed by atoms with Gasteiger partial charge in [-0.2, -0.15) is 0 Å². The van der Waals surface area contributed by atoms with Crippen molar-refractivity contribution in [2.24, 2.45) is 5.92 Å². The Kier molecular flexibility index (Phi) is 4.64. The van der Waals surface area contributed by atoms with Crippen molar-refractivity contribution in [2.45, 2.75) is 58.1 Å². The number of rotatable bonds is 4. The smallest absolute Gasteiger partial charge is 0.113 e. The van der Waals surface area contributed by atoms with E-state index in [1.807, 2.05) is 0 Å². The first kappa shape index (κ1) is 14.9. The first-order chi connectivity index (χ1) is 8.98. The van der Waals surface area contributed by atoms with E-state index in [-0.39, 0.29) is 5.54 Å². The van der Waals surface area contributed by atoms with E-state index in [2.05, 4.69) is 45.4 Å². The zero-order valence-corrected chi connectivity index (χ0v) is 13.5. The molecule has 1 N–H and O–H groups in total. The molecule has 1 fully saturated rings. The van der Waals surface area contributed by atoms with E-state index in [0.717, 1.165) is 19.4 Å². The number of thiazole rings is 1. The Hall–Kier alpha value is -0.450. The van der Waals surface area contributed by atoms with Crippen molar-refractivity contribution in [2.75, 3.05) is 13.7 Å². The van der Waals surface area contributed by atoms with Gasteiger partial charge in [0.1, 0.15) is 5.01 Å². The second kappa shape index (κ2) is 5.90. The van der Waals surface area contributed by atoms with Gasteiger partial charge in [0.15, 0.2) is 0 Å². The molecule has 0 saturated carbocycles. The lowest BCUT2D eigenvalue weighted by molar-refractivity contribution is -0.0517. The van der Waals surface area contributed by atoms with E-state index < -0.39 is 0 Å². The molecule has 4 heteroatoms. The second-order valence-electron chi connectivity index (χ2n) is 6.17. The van der Waals surface area contributed by atoms with Gasteiger partial charge in [0, 0.05) is 12.0 Å². The van der Waals surface area contributed by atoms with Crippen molar-refractivity contribution in [3.05, 3.63) is 16.1 Å². The summed E-state index contributed by atoms with van der Waals surface area (Å²) < 4.78 is 5.91. The van der Waals surface area contributed by atoms with Crippen LogP contribution in [0.25, 0.3) is 0 Å². The van der Waals surface area contributed by atoms with Crippen LogP contribution in [-0.2, 0) is 10.3 Å². The van der Waals surface area contributed by atoms with Gasteiger partial charge in [0.2, 0.25) is 0 Å². The van der Waals surface area contributed by atoms with Crippen LogP contribution in [0.15, 0.2) is 5.38 Å². The predicted octanol–water partition coefficient (Wildman–Crippen LogP) is 3.52. The summed E-state index contributed by atoms with van der Waals surface area (Å²) in [5, 5.41) is 6.98. The highest BCUT2D eigenvalue weighted by atomic mass is 32.1. The van der Waals surface area contributed by atoms with Crippen LogP contribution >= 0.6 is 11.3 Å². The normalized spacial score (nSPS) is 28.3. The predicted molar refractivity (Wildman–Crippen MR) is 80.8 cm³/mol. The second-order valence-corrected chi connectivity index (χ2v) is 7.03. The molecule has 0 bridgehead atoms. The average Bonchev–Trinajstić information content (AvgIpc) is 2.89. The SMILES string of the molecule is CNC1(c2nc(C(C)C)cs2)CCOC(C(C)C)C1. The highest BCUT2D eigenvalue weighted by Crippen LogP contribution is 2.38. The van der Waals surface area contributed by atoms with Crippen molar-refractivity contribution >= 4 is 11.3 Å². The van der Waals surface area contributed by atoms with Gasteiger partial charge in [-0.05, 0) is 31.7 Å². The zero-order chi connectivity index (χ0) is 14.0. The van der Waals surface area contributed by atoms with Crippen LogP contribution in [0.5, 0.6) is 0 Å². The minimum Gasteiger partial charge on any atom is -0.378 e. The number of hydrogen-bond acceptors (Lipinski definition) is 4. The van der Waals surface area contributed by atoms with Crippen LogP contribution in [0.2, 0.25) is 0 Å². The van der Waals surface area contributed by atoms with E-state index >= 15 is 0 Å². The van der Waals surface area contributed by atoms with Gasteiger partial charge in [-0.1, -0.05) is 27.7 Å². The number of ether oxygens (including phenoxy) is 1. The molecule has 108 valence electrons. The Bertz CT molecular complexity index is 416. The third-order valence-electron chi connectivity index (χ3n) is 4.16. The van der Waals surface area contributed by atoms with E-state index in [4.69, 9.17) is 9.72 Å². The van der Waals surface area contributed by atoms with Crippen LogP contribution in [0.3, 0.4) is 0 Å². The lowest BCUT2D eigenvalue weighted by Crippen LogP contribution is -2.49. The van der Waals surface area contributed by atoms with E-state index in [9.17, 15) is 0 Å². The Morgan fingerprint density at radius 3 is 2.68 bits per heavy atom. The first-order valence-electron chi connectivity index (χ1n) is 7.25. The molecule has 3 nitrogen and oxygen atoms in total. The number of nitrogens with zero attached hydrogens (tertiary/aromatic N) is 1. The maximum Gasteiger partial charge on any atom is 0.113 e.